The lowest BCUT2D eigenvalue weighted by atomic mass is 9.92. The zero-order valence-corrected chi connectivity index (χ0v) is 19.8. The summed E-state index contributed by atoms with van der Waals surface area (Å²) in [6.07, 6.45) is -1.59. The van der Waals surface area contributed by atoms with Gasteiger partial charge in [0.05, 0.1) is 5.01 Å². The van der Waals surface area contributed by atoms with Crippen LogP contribution in [0.1, 0.15) is 37.4 Å². The van der Waals surface area contributed by atoms with Crippen LogP contribution in [0.15, 0.2) is 10.4 Å². The zero-order chi connectivity index (χ0) is 19.9. The van der Waals surface area contributed by atoms with Gasteiger partial charge in [-0.25, -0.2) is 4.98 Å². The lowest BCUT2D eigenvalue weighted by molar-refractivity contribution is -0.140. The summed E-state index contributed by atoms with van der Waals surface area (Å²) in [4.78, 5) is 10.3. The van der Waals surface area contributed by atoms with Gasteiger partial charge >= 0.3 is 6.18 Å². The van der Waals surface area contributed by atoms with Crippen LogP contribution in [0.4, 0.5) is 13.2 Å². The molecule has 5 nitrogen and oxygen atoms in total. The summed E-state index contributed by atoms with van der Waals surface area (Å²) < 4.78 is 37.7. The molecule has 0 bridgehead atoms. The number of alkyl halides is 3. The Morgan fingerprint density at radius 1 is 1.25 bits per heavy atom. The van der Waals surface area contributed by atoms with Crippen LogP contribution in [-0.2, 0) is 12.6 Å². The van der Waals surface area contributed by atoms with E-state index in [2.05, 4.69) is 39.4 Å². The Morgan fingerprint density at radius 2 is 1.89 bits per heavy atom. The fourth-order valence-electron chi connectivity index (χ4n) is 3.55. The minimum Gasteiger partial charge on any atom is -0.356 e. The number of guanidine groups is 1. The number of nitrogens with one attached hydrogen (secondary N) is 2. The molecule has 0 amide bonds. The van der Waals surface area contributed by atoms with E-state index in [1.165, 1.54) is 19.5 Å². The predicted molar refractivity (Wildman–Crippen MR) is 120 cm³/mol. The second-order valence-corrected chi connectivity index (χ2v) is 8.30. The van der Waals surface area contributed by atoms with E-state index in [0.29, 0.717) is 23.9 Å². The maximum Gasteiger partial charge on any atom is 0.434 e. The van der Waals surface area contributed by atoms with Crippen LogP contribution in [0.25, 0.3) is 0 Å². The number of halogens is 4. The Balaban J connectivity index is 0.00000392. The molecule has 2 heterocycles. The molecule has 1 saturated heterocycles. The highest BCUT2D eigenvalue weighted by Crippen LogP contribution is 2.30. The van der Waals surface area contributed by atoms with Gasteiger partial charge in [-0.1, -0.05) is 13.8 Å². The summed E-state index contributed by atoms with van der Waals surface area (Å²) in [5.74, 6) is 2.20. The van der Waals surface area contributed by atoms with Crippen LogP contribution < -0.4 is 10.6 Å². The van der Waals surface area contributed by atoms with Crippen molar-refractivity contribution >= 4 is 41.3 Å². The third-order valence-corrected chi connectivity index (χ3v) is 5.49. The maximum absolute atomic E-state index is 12.6. The molecular weight excluding hydrogens is 502 g/mol. The number of rotatable bonds is 7. The molecule has 0 saturated carbocycles. The number of hydrogen-bond donors (Lipinski definition) is 2. The Labute approximate surface area is 186 Å². The fourth-order valence-corrected chi connectivity index (χ4v) is 4.35. The lowest BCUT2D eigenvalue weighted by Gasteiger charge is -2.35. The van der Waals surface area contributed by atoms with Crippen LogP contribution in [-0.4, -0.2) is 55.6 Å². The van der Waals surface area contributed by atoms with Gasteiger partial charge in [0.2, 0.25) is 0 Å². The number of nitrogens with zero attached hydrogens (tertiary/aromatic N) is 3. The molecule has 10 heteroatoms. The van der Waals surface area contributed by atoms with Gasteiger partial charge < -0.3 is 15.5 Å². The molecular formula is C18H31F3IN5S. The van der Waals surface area contributed by atoms with Crippen molar-refractivity contribution in [3.05, 3.63) is 16.1 Å². The second-order valence-electron chi connectivity index (χ2n) is 7.36. The number of piperidine rings is 1. The number of likely N-dealkylation sites (tertiary alicyclic amines) is 1. The van der Waals surface area contributed by atoms with Crippen LogP contribution in [0.3, 0.4) is 0 Å². The van der Waals surface area contributed by atoms with Crippen molar-refractivity contribution in [3.8, 4) is 0 Å². The SMILES string of the molecule is CN=C(NCCCN1CC(C)CC(C)C1)NCCc1nc(C(F)(F)F)cs1.I. The van der Waals surface area contributed by atoms with Gasteiger partial charge in [0, 0.05) is 45.0 Å². The first-order valence-corrected chi connectivity index (χ1v) is 10.3. The molecule has 1 fully saturated rings. The van der Waals surface area contributed by atoms with E-state index in [0.717, 1.165) is 48.1 Å². The van der Waals surface area contributed by atoms with Crippen molar-refractivity contribution in [3.63, 3.8) is 0 Å². The fraction of sp³-hybridized carbons (Fsp3) is 0.778. The van der Waals surface area contributed by atoms with E-state index in [9.17, 15) is 13.2 Å². The first-order valence-electron chi connectivity index (χ1n) is 9.46. The highest BCUT2D eigenvalue weighted by molar-refractivity contribution is 14.0. The van der Waals surface area contributed by atoms with Crippen LogP contribution >= 0.6 is 35.3 Å². The van der Waals surface area contributed by atoms with Crippen molar-refractivity contribution in [2.24, 2.45) is 16.8 Å². The van der Waals surface area contributed by atoms with Crippen LogP contribution in [0, 0.1) is 11.8 Å². The molecule has 1 aromatic heterocycles. The van der Waals surface area contributed by atoms with Crippen LogP contribution in [0.5, 0.6) is 0 Å². The predicted octanol–water partition coefficient (Wildman–Crippen LogP) is 3.86. The smallest absolute Gasteiger partial charge is 0.356 e. The first kappa shape index (κ1) is 25.4. The number of aromatic nitrogens is 1. The summed E-state index contributed by atoms with van der Waals surface area (Å²) in [7, 11) is 1.69. The van der Waals surface area contributed by atoms with Gasteiger partial charge in [0.15, 0.2) is 11.7 Å². The van der Waals surface area contributed by atoms with Gasteiger partial charge in [0.25, 0.3) is 0 Å². The average molecular weight is 533 g/mol. The molecule has 0 aromatic carbocycles. The molecule has 1 aliphatic heterocycles. The maximum atomic E-state index is 12.6. The Hall–Kier alpha value is -0.620. The Kier molecular flexibility index (Phi) is 11.0. The minimum absolute atomic E-state index is 0. The van der Waals surface area contributed by atoms with E-state index in [-0.39, 0.29) is 24.0 Å². The molecule has 2 atom stereocenters. The monoisotopic (exact) mass is 533 g/mol. The molecule has 2 rings (SSSR count). The molecule has 0 spiro atoms. The molecule has 162 valence electrons. The van der Waals surface area contributed by atoms with Gasteiger partial charge in [-0.05, 0) is 31.2 Å². The second kappa shape index (κ2) is 12.2. The van der Waals surface area contributed by atoms with Gasteiger partial charge in [0.1, 0.15) is 0 Å². The minimum atomic E-state index is -4.37. The Morgan fingerprint density at radius 3 is 2.46 bits per heavy atom. The average Bonchev–Trinajstić information content (AvgIpc) is 3.05. The quantitative estimate of drug-likeness (QED) is 0.242. The van der Waals surface area contributed by atoms with Crippen molar-refractivity contribution in [1.29, 1.82) is 0 Å². The molecule has 2 unspecified atom stereocenters. The number of aliphatic imine (C=N–C) groups is 1. The van der Waals surface area contributed by atoms with Crippen molar-refractivity contribution in [1.82, 2.24) is 20.5 Å². The Bertz CT molecular complexity index is 598. The summed E-state index contributed by atoms with van der Waals surface area (Å²) in [5.41, 5.74) is -0.814. The van der Waals surface area contributed by atoms with Crippen molar-refractivity contribution < 1.29 is 13.2 Å². The summed E-state index contributed by atoms with van der Waals surface area (Å²) in [6.45, 7) is 9.34. The number of hydrogen-bond acceptors (Lipinski definition) is 4. The van der Waals surface area contributed by atoms with E-state index in [1.807, 2.05) is 0 Å². The van der Waals surface area contributed by atoms with Gasteiger partial charge in [-0.2, -0.15) is 13.2 Å². The zero-order valence-electron chi connectivity index (χ0n) is 16.7. The largest absolute Gasteiger partial charge is 0.434 e. The topological polar surface area (TPSA) is 52.6 Å². The lowest BCUT2D eigenvalue weighted by Crippen LogP contribution is -2.42. The normalized spacial score (nSPS) is 21.3. The summed E-state index contributed by atoms with van der Waals surface area (Å²) >= 11 is 1.04. The summed E-state index contributed by atoms with van der Waals surface area (Å²) in [6, 6.07) is 0. The number of thiazole rings is 1. The molecule has 0 radical (unpaired) electrons. The van der Waals surface area contributed by atoms with Crippen LogP contribution in [0.2, 0.25) is 0 Å². The standard InChI is InChI=1S/C18H30F3N5S.HI/c1-13-9-14(2)11-26(10-13)8-4-6-23-17(22-3)24-7-5-16-25-15(12-27-16)18(19,20)21;/h12-14H,4-11H2,1-3H3,(H2,22,23,24);1H. The van der Waals surface area contributed by atoms with E-state index in [4.69, 9.17) is 0 Å². The third kappa shape index (κ3) is 8.81. The molecule has 0 aliphatic carbocycles. The van der Waals surface area contributed by atoms with Crippen molar-refractivity contribution in [2.45, 2.75) is 39.3 Å². The molecule has 1 aromatic rings. The van der Waals surface area contributed by atoms with E-state index in [1.54, 1.807) is 7.05 Å². The van der Waals surface area contributed by atoms with Gasteiger partial charge in [-0.3, -0.25) is 4.99 Å². The van der Waals surface area contributed by atoms with E-state index < -0.39 is 11.9 Å². The highest BCUT2D eigenvalue weighted by Gasteiger charge is 2.33. The highest BCUT2D eigenvalue weighted by atomic mass is 127. The van der Waals surface area contributed by atoms with E-state index >= 15 is 0 Å². The molecule has 1 aliphatic rings. The molecule has 2 N–H and O–H groups in total. The first-order chi connectivity index (χ1) is 12.8. The van der Waals surface area contributed by atoms with Gasteiger partial charge in [-0.15, -0.1) is 35.3 Å². The third-order valence-electron chi connectivity index (χ3n) is 4.59. The summed E-state index contributed by atoms with van der Waals surface area (Å²) in [5, 5.41) is 7.92. The van der Waals surface area contributed by atoms with Crippen molar-refractivity contribution in [2.75, 3.05) is 39.8 Å². The molecule has 28 heavy (non-hydrogen) atoms.